The molecule has 6 nitrogen and oxygen atoms in total. The molecule has 122 valence electrons. The fourth-order valence-electron chi connectivity index (χ4n) is 3.40. The summed E-state index contributed by atoms with van der Waals surface area (Å²) in [5.41, 5.74) is 3.18. The smallest absolute Gasteiger partial charge is 0.219 e. The maximum absolute atomic E-state index is 11.6. The van der Waals surface area contributed by atoms with E-state index in [0.717, 1.165) is 36.1 Å². The molecular formula is C18H18N4O2. The van der Waals surface area contributed by atoms with Crippen LogP contribution in [0, 0.1) is 0 Å². The summed E-state index contributed by atoms with van der Waals surface area (Å²) >= 11 is 0. The number of H-pyrrole nitrogens is 1. The predicted octanol–water partition coefficient (Wildman–Crippen LogP) is 2.67. The lowest BCUT2D eigenvalue weighted by molar-refractivity contribution is -0.127. The van der Waals surface area contributed by atoms with E-state index >= 15 is 0 Å². The van der Waals surface area contributed by atoms with E-state index in [0.29, 0.717) is 17.2 Å². The second kappa shape index (κ2) is 5.63. The van der Waals surface area contributed by atoms with Gasteiger partial charge in [-0.05, 0) is 30.2 Å². The third kappa shape index (κ3) is 2.40. The Bertz CT molecular complexity index is 918. The molecule has 1 amide bonds. The van der Waals surface area contributed by atoms with Crippen LogP contribution in [-0.2, 0) is 4.79 Å². The number of benzene rings is 1. The van der Waals surface area contributed by atoms with E-state index in [4.69, 9.17) is 0 Å². The Morgan fingerprint density at radius 1 is 1.33 bits per heavy atom. The number of carbonyl (C=O) groups is 1. The second-order valence-electron chi connectivity index (χ2n) is 6.20. The second-order valence-corrected chi connectivity index (χ2v) is 6.20. The number of phenolic OH excluding ortho intramolecular Hbond substituents is 1. The minimum Gasteiger partial charge on any atom is -0.507 e. The van der Waals surface area contributed by atoms with Crippen LogP contribution in [0.4, 0.5) is 0 Å². The van der Waals surface area contributed by atoms with Crippen LogP contribution >= 0.6 is 0 Å². The Morgan fingerprint density at radius 2 is 2.17 bits per heavy atom. The van der Waals surface area contributed by atoms with Crippen LogP contribution in [0.3, 0.4) is 0 Å². The summed E-state index contributed by atoms with van der Waals surface area (Å²) < 4.78 is 0. The maximum atomic E-state index is 11.6. The van der Waals surface area contributed by atoms with E-state index in [1.54, 1.807) is 19.1 Å². The zero-order chi connectivity index (χ0) is 16.7. The lowest BCUT2D eigenvalue weighted by Gasteiger charge is -2.13. The normalized spacial score (nSPS) is 17.5. The number of aromatic hydroxyl groups is 1. The highest BCUT2D eigenvalue weighted by Crippen LogP contribution is 2.34. The number of nitrogens with one attached hydrogen (secondary N) is 1. The Kier molecular flexibility index (Phi) is 3.45. The number of para-hydroxylation sites is 1. The van der Waals surface area contributed by atoms with Crippen LogP contribution in [0.25, 0.3) is 22.3 Å². The number of hydrogen-bond donors (Lipinski definition) is 2. The molecule has 4 rings (SSSR count). The minimum atomic E-state index is 0.118. The highest BCUT2D eigenvalue weighted by Gasteiger charge is 2.27. The summed E-state index contributed by atoms with van der Waals surface area (Å²) in [5.74, 6) is 0.600. The third-order valence-electron chi connectivity index (χ3n) is 4.72. The summed E-state index contributed by atoms with van der Waals surface area (Å²) in [4.78, 5) is 16.6. The fourth-order valence-corrected chi connectivity index (χ4v) is 3.40. The van der Waals surface area contributed by atoms with Crippen LogP contribution in [0.15, 0.2) is 36.5 Å². The molecule has 24 heavy (non-hydrogen) atoms. The highest BCUT2D eigenvalue weighted by atomic mass is 16.3. The number of rotatable bonds is 2. The highest BCUT2D eigenvalue weighted by molar-refractivity contribution is 5.84. The molecule has 1 unspecified atom stereocenters. The number of carbonyl (C=O) groups excluding carboxylic acids is 1. The summed E-state index contributed by atoms with van der Waals surface area (Å²) in [6, 6.07) is 9.06. The van der Waals surface area contributed by atoms with Crippen molar-refractivity contribution < 1.29 is 9.90 Å². The SMILES string of the molecule is CC(=O)N1CCC(c2c[nH]c3nnc(-c4ccccc4O)cc23)C1. The van der Waals surface area contributed by atoms with Gasteiger partial charge in [-0.3, -0.25) is 4.79 Å². The van der Waals surface area contributed by atoms with Gasteiger partial charge in [0.25, 0.3) is 0 Å². The van der Waals surface area contributed by atoms with Crippen molar-refractivity contribution in [3.05, 3.63) is 42.1 Å². The van der Waals surface area contributed by atoms with Gasteiger partial charge in [-0.25, -0.2) is 0 Å². The standard InChI is InChI=1S/C18H18N4O2/c1-11(23)22-7-6-12(10-22)15-9-19-18-14(15)8-16(20-21-18)13-4-2-3-5-17(13)24/h2-5,8-9,12,24H,6-7,10H2,1H3,(H,19,21). The molecule has 0 aliphatic carbocycles. The molecule has 1 atom stereocenters. The molecule has 1 aliphatic heterocycles. The molecule has 0 radical (unpaired) electrons. The first-order valence-electron chi connectivity index (χ1n) is 8.02. The minimum absolute atomic E-state index is 0.118. The van der Waals surface area contributed by atoms with Gasteiger partial charge in [0, 0.05) is 43.1 Å². The van der Waals surface area contributed by atoms with Crippen molar-refractivity contribution in [3.63, 3.8) is 0 Å². The molecule has 2 N–H and O–H groups in total. The molecule has 1 fully saturated rings. The number of phenols is 1. The first kappa shape index (κ1) is 14.7. The van der Waals surface area contributed by atoms with E-state index in [1.165, 1.54) is 0 Å². The molecule has 0 saturated carbocycles. The van der Waals surface area contributed by atoms with Crippen molar-refractivity contribution in [3.8, 4) is 17.0 Å². The molecule has 0 spiro atoms. The lowest BCUT2D eigenvalue weighted by Crippen LogP contribution is -2.25. The van der Waals surface area contributed by atoms with Crippen molar-refractivity contribution in [2.75, 3.05) is 13.1 Å². The Balaban J connectivity index is 1.75. The zero-order valence-electron chi connectivity index (χ0n) is 13.4. The quantitative estimate of drug-likeness (QED) is 0.760. The summed E-state index contributed by atoms with van der Waals surface area (Å²) in [7, 11) is 0. The van der Waals surface area contributed by atoms with Gasteiger partial charge >= 0.3 is 0 Å². The number of aromatic nitrogens is 3. The monoisotopic (exact) mass is 322 g/mol. The molecule has 1 aliphatic rings. The van der Waals surface area contributed by atoms with Crippen LogP contribution in [0.1, 0.15) is 24.8 Å². The number of fused-ring (bicyclic) bond motifs is 1. The van der Waals surface area contributed by atoms with E-state index in [-0.39, 0.29) is 11.7 Å². The molecule has 2 aromatic heterocycles. The number of hydrogen-bond acceptors (Lipinski definition) is 4. The van der Waals surface area contributed by atoms with E-state index in [1.807, 2.05) is 29.3 Å². The van der Waals surface area contributed by atoms with Crippen LogP contribution in [-0.4, -0.2) is 44.2 Å². The van der Waals surface area contributed by atoms with Crippen molar-refractivity contribution in [1.82, 2.24) is 20.1 Å². The van der Waals surface area contributed by atoms with Crippen molar-refractivity contribution >= 4 is 16.9 Å². The fraction of sp³-hybridized carbons (Fsp3) is 0.278. The molecular weight excluding hydrogens is 304 g/mol. The van der Waals surface area contributed by atoms with Gasteiger partial charge in [0.05, 0.1) is 5.69 Å². The summed E-state index contributed by atoms with van der Waals surface area (Å²) in [6.07, 6.45) is 2.91. The topological polar surface area (TPSA) is 82.1 Å². The predicted molar refractivity (Wildman–Crippen MR) is 90.6 cm³/mol. The summed E-state index contributed by atoms with van der Waals surface area (Å²) in [5, 5.41) is 19.5. The number of likely N-dealkylation sites (tertiary alicyclic amines) is 1. The summed E-state index contributed by atoms with van der Waals surface area (Å²) in [6.45, 7) is 3.13. The molecule has 0 bridgehead atoms. The number of aromatic amines is 1. The molecule has 3 aromatic rings. The van der Waals surface area contributed by atoms with Crippen molar-refractivity contribution in [1.29, 1.82) is 0 Å². The number of nitrogens with zero attached hydrogens (tertiary/aromatic N) is 3. The van der Waals surface area contributed by atoms with Gasteiger partial charge in [-0.2, -0.15) is 0 Å². The van der Waals surface area contributed by atoms with Gasteiger partial charge in [0.2, 0.25) is 5.91 Å². The Hall–Kier alpha value is -2.89. The van der Waals surface area contributed by atoms with Crippen LogP contribution in [0.2, 0.25) is 0 Å². The zero-order valence-corrected chi connectivity index (χ0v) is 13.4. The van der Waals surface area contributed by atoms with E-state index in [2.05, 4.69) is 15.2 Å². The molecule has 6 heteroatoms. The van der Waals surface area contributed by atoms with E-state index < -0.39 is 0 Å². The largest absolute Gasteiger partial charge is 0.507 e. The molecule has 1 aromatic carbocycles. The Labute approximate surface area is 139 Å². The van der Waals surface area contributed by atoms with Gasteiger partial charge in [-0.15, -0.1) is 10.2 Å². The van der Waals surface area contributed by atoms with Gasteiger partial charge in [0.1, 0.15) is 5.75 Å². The van der Waals surface area contributed by atoms with Crippen LogP contribution < -0.4 is 0 Å². The molecule has 1 saturated heterocycles. The average Bonchev–Trinajstić information content (AvgIpc) is 3.21. The van der Waals surface area contributed by atoms with Gasteiger partial charge in [0.15, 0.2) is 5.65 Å². The van der Waals surface area contributed by atoms with Crippen molar-refractivity contribution in [2.45, 2.75) is 19.3 Å². The molecule has 3 heterocycles. The van der Waals surface area contributed by atoms with Gasteiger partial charge in [-0.1, -0.05) is 12.1 Å². The third-order valence-corrected chi connectivity index (χ3v) is 4.72. The van der Waals surface area contributed by atoms with E-state index in [9.17, 15) is 9.90 Å². The van der Waals surface area contributed by atoms with Crippen molar-refractivity contribution in [2.24, 2.45) is 0 Å². The maximum Gasteiger partial charge on any atom is 0.219 e. The lowest BCUT2D eigenvalue weighted by atomic mass is 9.98. The van der Waals surface area contributed by atoms with Crippen LogP contribution in [0.5, 0.6) is 5.75 Å². The Morgan fingerprint density at radius 3 is 2.92 bits per heavy atom. The number of amides is 1. The first-order chi connectivity index (χ1) is 11.6. The first-order valence-corrected chi connectivity index (χ1v) is 8.02. The van der Waals surface area contributed by atoms with Gasteiger partial charge < -0.3 is 15.0 Å². The average molecular weight is 322 g/mol.